The number of carbonyl (C=O) groups excluding carboxylic acids is 1. The number of carbonyl (C=O) groups is 1. The van der Waals surface area contributed by atoms with Gasteiger partial charge in [0.2, 0.25) is 5.91 Å². The number of hydrogen-bond donors (Lipinski definition) is 2. The predicted molar refractivity (Wildman–Crippen MR) is 80.4 cm³/mol. The van der Waals surface area contributed by atoms with Crippen LogP contribution in [0.5, 0.6) is 0 Å². The van der Waals surface area contributed by atoms with Crippen molar-refractivity contribution in [1.82, 2.24) is 5.32 Å². The van der Waals surface area contributed by atoms with Gasteiger partial charge in [-0.25, -0.2) is 0 Å². The summed E-state index contributed by atoms with van der Waals surface area (Å²) in [5.74, 6) is 1.21. The summed E-state index contributed by atoms with van der Waals surface area (Å²) in [6, 6.07) is 8.33. The van der Waals surface area contributed by atoms with Crippen LogP contribution in [-0.2, 0) is 4.79 Å². The minimum Gasteiger partial charge on any atom is -0.396 e. The molecule has 4 heteroatoms. The second-order valence-corrected chi connectivity index (χ2v) is 6.00. The van der Waals surface area contributed by atoms with Crippen molar-refractivity contribution < 1.29 is 9.90 Å². The molecule has 106 valence electrons. The minimum atomic E-state index is 0.0874. The third-order valence-electron chi connectivity index (χ3n) is 2.89. The van der Waals surface area contributed by atoms with Crippen LogP contribution >= 0.6 is 11.8 Å². The van der Waals surface area contributed by atoms with Crippen LogP contribution in [0, 0.1) is 12.8 Å². The Labute approximate surface area is 119 Å². The van der Waals surface area contributed by atoms with Crippen LogP contribution in [0.25, 0.3) is 0 Å². The van der Waals surface area contributed by atoms with E-state index >= 15 is 0 Å². The lowest BCUT2D eigenvalue weighted by atomic mass is 10.1. The van der Waals surface area contributed by atoms with Gasteiger partial charge in [-0.2, -0.15) is 0 Å². The van der Waals surface area contributed by atoms with Gasteiger partial charge in [0.25, 0.3) is 0 Å². The lowest BCUT2D eigenvalue weighted by Gasteiger charge is -2.11. The Balaban J connectivity index is 2.15. The summed E-state index contributed by atoms with van der Waals surface area (Å²) in [5, 5.41) is 11.7. The van der Waals surface area contributed by atoms with Gasteiger partial charge >= 0.3 is 0 Å². The molecule has 0 fully saturated rings. The Morgan fingerprint density at radius 1 is 1.37 bits per heavy atom. The first-order valence-corrected chi connectivity index (χ1v) is 7.67. The maximum Gasteiger partial charge on any atom is 0.220 e. The summed E-state index contributed by atoms with van der Waals surface area (Å²) in [6.45, 7) is 4.92. The van der Waals surface area contributed by atoms with E-state index in [4.69, 9.17) is 5.11 Å². The van der Waals surface area contributed by atoms with E-state index in [1.807, 2.05) is 6.92 Å². The monoisotopic (exact) mass is 281 g/mol. The molecule has 0 aliphatic heterocycles. The average molecular weight is 281 g/mol. The first kappa shape index (κ1) is 16.1. The zero-order valence-corrected chi connectivity index (χ0v) is 12.5. The van der Waals surface area contributed by atoms with E-state index in [1.165, 1.54) is 10.5 Å². The van der Waals surface area contributed by atoms with E-state index in [0.717, 1.165) is 12.2 Å². The number of amides is 1. The molecule has 1 aromatic rings. The largest absolute Gasteiger partial charge is 0.396 e. The molecule has 0 aromatic heterocycles. The first-order valence-electron chi connectivity index (χ1n) is 6.69. The average Bonchev–Trinajstić information content (AvgIpc) is 2.39. The van der Waals surface area contributed by atoms with Crippen molar-refractivity contribution in [3.63, 3.8) is 0 Å². The van der Waals surface area contributed by atoms with Crippen LogP contribution < -0.4 is 5.32 Å². The smallest absolute Gasteiger partial charge is 0.220 e. The Morgan fingerprint density at radius 3 is 2.68 bits per heavy atom. The van der Waals surface area contributed by atoms with Crippen molar-refractivity contribution in [2.75, 3.05) is 18.9 Å². The van der Waals surface area contributed by atoms with E-state index in [9.17, 15) is 4.79 Å². The highest BCUT2D eigenvalue weighted by Crippen LogP contribution is 2.18. The van der Waals surface area contributed by atoms with Gasteiger partial charge in [0.1, 0.15) is 0 Å². The van der Waals surface area contributed by atoms with Gasteiger partial charge in [-0.1, -0.05) is 24.6 Å². The van der Waals surface area contributed by atoms with Crippen LogP contribution in [0.1, 0.15) is 25.3 Å². The second-order valence-electron chi connectivity index (χ2n) is 4.83. The Bertz CT molecular complexity index is 378. The molecule has 0 radical (unpaired) electrons. The SMILES string of the molecule is Cc1ccc(SCCC(=O)NCC(C)CCO)cc1. The number of aliphatic hydroxyl groups excluding tert-OH is 1. The Kier molecular flexibility index (Phi) is 7.60. The highest BCUT2D eigenvalue weighted by Gasteiger charge is 2.05. The number of aryl methyl sites for hydroxylation is 1. The number of rotatable bonds is 8. The number of benzene rings is 1. The van der Waals surface area contributed by atoms with Crippen LogP contribution in [-0.4, -0.2) is 29.9 Å². The molecule has 3 nitrogen and oxygen atoms in total. The van der Waals surface area contributed by atoms with Gasteiger partial charge in [-0.05, 0) is 31.4 Å². The van der Waals surface area contributed by atoms with Crippen LogP contribution in [0.3, 0.4) is 0 Å². The van der Waals surface area contributed by atoms with Crippen molar-refractivity contribution in [3.05, 3.63) is 29.8 Å². The van der Waals surface area contributed by atoms with E-state index in [-0.39, 0.29) is 12.5 Å². The Hall–Kier alpha value is -1.00. The lowest BCUT2D eigenvalue weighted by Crippen LogP contribution is -2.28. The summed E-state index contributed by atoms with van der Waals surface area (Å²) < 4.78 is 0. The topological polar surface area (TPSA) is 49.3 Å². The van der Waals surface area contributed by atoms with E-state index < -0.39 is 0 Å². The molecule has 1 rings (SSSR count). The summed E-state index contributed by atoms with van der Waals surface area (Å²) in [4.78, 5) is 12.8. The first-order chi connectivity index (χ1) is 9.11. The molecule has 1 amide bonds. The molecule has 0 heterocycles. The highest BCUT2D eigenvalue weighted by molar-refractivity contribution is 7.99. The maximum atomic E-state index is 11.6. The summed E-state index contributed by atoms with van der Waals surface area (Å²) in [7, 11) is 0. The van der Waals surface area contributed by atoms with Crippen molar-refractivity contribution in [3.8, 4) is 0 Å². The highest BCUT2D eigenvalue weighted by atomic mass is 32.2. The van der Waals surface area contributed by atoms with Gasteiger partial charge in [0.15, 0.2) is 0 Å². The van der Waals surface area contributed by atoms with Crippen LogP contribution in [0.15, 0.2) is 29.2 Å². The minimum absolute atomic E-state index is 0.0874. The number of thioether (sulfide) groups is 1. The molecule has 0 spiro atoms. The molecule has 1 unspecified atom stereocenters. The third-order valence-corrected chi connectivity index (χ3v) is 3.90. The van der Waals surface area contributed by atoms with Gasteiger partial charge in [0, 0.05) is 30.2 Å². The molecular formula is C15H23NO2S. The van der Waals surface area contributed by atoms with Crippen molar-refractivity contribution in [2.45, 2.75) is 31.6 Å². The van der Waals surface area contributed by atoms with Gasteiger partial charge in [-0.3, -0.25) is 4.79 Å². The zero-order chi connectivity index (χ0) is 14.1. The molecule has 1 aromatic carbocycles. The number of nitrogens with one attached hydrogen (secondary N) is 1. The molecule has 0 saturated heterocycles. The molecule has 0 saturated carbocycles. The lowest BCUT2D eigenvalue weighted by molar-refractivity contribution is -0.120. The maximum absolute atomic E-state index is 11.6. The van der Waals surface area contributed by atoms with Crippen molar-refractivity contribution >= 4 is 17.7 Å². The van der Waals surface area contributed by atoms with E-state index in [1.54, 1.807) is 11.8 Å². The zero-order valence-electron chi connectivity index (χ0n) is 11.7. The van der Waals surface area contributed by atoms with Gasteiger partial charge in [0.05, 0.1) is 0 Å². The van der Waals surface area contributed by atoms with E-state index in [2.05, 4.69) is 36.5 Å². The van der Waals surface area contributed by atoms with Crippen molar-refractivity contribution in [2.24, 2.45) is 5.92 Å². The molecule has 2 N–H and O–H groups in total. The summed E-state index contributed by atoms with van der Waals surface area (Å²) >= 11 is 1.70. The molecule has 0 bridgehead atoms. The third kappa shape index (κ3) is 7.23. The molecule has 1 atom stereocenters. The van der Waals surface area contributed by atoms with Gasteiger partial charge in [-0.15, -0.1) is 11.8 Å². The fraction of sp³-hybridized carbons (Fsp3) is 0.533. The van der Waals surface area contributed by atoms with E-state index in [0.29, 0.717) is 18.9 Å². The molecule has 0 aliphatic carbocycles. The molecular weight excluding hydrogens is 258 g/mol. The summed E-state index contributed by atoms with van der Waals surface area (Å²) in [6.07, 6.45) is 1.27. The fourth-order valence-corrected chi connectivity index (χ4v) is 2.45. The predicted octanol–water partition coefficient (Wildman–Crippen LogP) is 2.61. The Morgan fingerprint density at radius 2 is 2.05 bits per heavy atom. The standard InChI is InChI=1S/C15H23NO2S/c1-12-3-5-14(6-4-12)19-10-8-15(18)16-11-13(2)7-9-17/h3-6,13,17H,7-11H2,1-2H3,(H,16,18). The van der Waals surface area contributed by atoms with Crippen molar-refractivity contribution in [1.29, 1.82) is 0 Å². The molecule has 19 heavy (non-hydrogen) atoms. The normalized spacial score (nSPS) is 12.2. The fourth-order valence-electron chi connectivity index (χ4n) is 1.59. The van der Waals surface area contributed by atoms with Crippen LogP contribution in [0.2, 0.25) is 0 Å². The molecule has 0 aliphatic rings. The number of aliphatic hydroxyl groups is 1. The second kappa shape index (κ2) is 8.99. The summed E-state index contributed by atoms with van der Waals surface area (Å²) in [5.41, 5.74) is 1.25. The quantitative estimate of drug-likeness (QED) is 0.720. The number of hydrogen-bond acceptors (Lipinski definition) is 3. The van der Waals surface area contributed by atoms with Crippen LogP contribution in [0.4, 0.5) is 0 Å². The van der Waals surface area contributed by atoms with Gasteiger partial charge < -0.3 is 10.4 Å².